The number of aromatic nitrogens is 1. The second-order valence-electron chi connectivity index (χ2n) is 7.46. The van der Waals surface area contributed by atoms with Crippen LogP contribution in [-0.2, 0) is 0 Å². The third kappa shape index (κ3) is 4.39. The number of nitrogens with zero attached hydrogens (tertiary/aromatic N) is 2. The Kier molecular flexibility index (Phi) is 5.73. The molecule has 0 aliphatic carbocycles. The van der Waals surface area contributed by atoms with Crippen molar-refractivity contribution in [2.75, 3.05) is 23.7 Å². The van der Waals surface area contributed by atoms with Crippen LogP contribution in [0.3, 0.4) is 0 Å². The van der Waals surface area contributed by atoms with E-state index >= 15 is 0 Å². The molecule has 0 spiro atoms. The Labute approximate surface area is 171 Å². The minimum atomic E-state index is 0.139. The number of nitriles is 1. The smallest absolute Gasteiger partial charge is 0.149 e. The van der Waals surface area contributed by atoms with Crippen LogP contribution in [0.5, 0.6) is 0 Å². The van der Waals surface area contributed by atoms with Crippen LogP contribution in [0.2, 0.25) is 0 Å². The highest BCUT2D eigenvalue weighted by atomic mass is 15.2. The molecule has 1 aliphatic heterocycles. The molecule has 0 amide bonds. The first kappa shape index (κ1) is 19.0. The second-order valence-corrected chi connectivity index (χ2v) is 7.46. The van der Waals surface area contributed by atoms with Gasteiger partial charge in [-0.1, -0.05) is 49.4 Å². The summed E-state index contributed by atoms with van der Waals surface area (Å²) in [5.74, 6) is 1.22. The first-order chi connectivity index (χ1) is 14.2. The number of anilines is 2. The van der Waals surface area contributed by atoms with Gasteiger partial charge in [0.05, 0.1) is 29.4 Å². The number of benzene rings is 2. The molecule has 1 aromatic heterocycles. The second kappa shape index (κ2) is 8.76. The fraction of sp³-hybridized carbons (Fsp3) is 0.250. The highest BCUT2D eigenvalue weighted by Gasteiger charge is 2.27. The predicted octanol–water partition coefficient (Wildman–Crippen LogP) is 4.29. The van der Waals surface area contributed by atoms with E-state index in [1.54, 1.807) is 0 Å². The van der Waals surface area contributed by atoms with Crippen molar-refractivity contribution >= 4 is 11.5 Å². The van der Waals surface area contributed by atoms with Gasteiger partial charge in [-0.2, -0.15) is 5.26 Å². The minimum Gasteiger partial charge on any atom is -0.380 e. The van der Waals surface area contributed by atoms with Crippen LogP contribution in [0, 0.1) is 11.3 Å². The summed E-state index contributed by atoms with van der Waals surface area (Å²) in [6, 6.07) is 24.9. The summed E-state index contributed by atoms with van der Waals surface area (Å²) in [5, 5.41) is 19.9. The largest absolute Gasteiger partial charge is 0.380 e. The lowest BCUT2D eigenvalue weighted by atomic mass is 9.95. The molecule has 2 heterocycles. The molecule has 0 saturated carbocycles. The van der Waals surface area contributed by atoms with E-state index in [4.69, 9.17) is 5.26 Å². The van der Waals surface area contributed by atoms with Gasteiger partial charge in [0, 0.05) is 19.3 Å². The summed E-state index contributed by atoms with van der Waals surface area (Å²) < 4.78 is 0. The van der Waals surface area contributed by atoms with Crippen LogP contribution < -0.4 is 16.0 Å². The molecular weight excluding hydrogens is 358 g/mol. The van der Waals surface area contributed by atoms with Crippen molar-refractivity contribution in [3.05, 3.63) is 89.6 Å². The van der Waals surface area contributed by atoms with Crippen molar-refractivity contribution < 1.29 is 0 Å². The molecule has 1 aliphatic rings. The number of hydrogen-bond donors (Lipinski definition) is 3. The highest BCUT2D eigenvalue weighted by molar-refractivity contribution is 5.67. The van der Waals surface area contributed by atoms with Gasteiger partial charge in [0.2, 0.25) is 0 Å². The lowest BCUT2D eigenvalue weighted by Crippen LogP contribution is -2.45. The highest BCUT2D eigenvalue weighted by Crippen LogP contribution is 2.29. The molecule has 0 unspecified atom stereocenters. The summed E-state index contributed by atoms with van der Waals surface area (Å²) in [5.41, 5.74) is 4.21. The van der Waals surface area contributed by atoms with Crippen LogP contribution in [0.1, 0.15) is 35.6 Å². The fourth-order valence-corrected chi connectivity index (χ4v) is 3.77. The van der Waals surface area contributed by atoms with E-state index in [0.717, 1.165) is 24.6 Å². The maximum absolute atomic E-state index is 9.00. The molecule has 5 heteroatoms. The van der Waals surface area contributed by atoms with E-state index in [1.165, 1.54) is 11.1 Å². The zero-order valence-corrected chi connectivity index (χ0v) is 16.5. The SMILES string of the molecule is C[C@@H](CN[C@H](c1ccccc1)[C@H]1CNc2cccnc2N1)c1ccc(C#N)cc1. The maximum atomic E-state index is 9.00. The summed E-state index contributed by atoms with van der Waals surface area (Å²) in [6.07, 6.45) is 1.81. The van der Waals surface area contributed by atoms with Crippen molar-refractivity contribution in [1.29, 1.82) is 5.26 Å². The van der Waals surface area contributed by atoms with Gasteiger partial charge in [-0.05, 0) is 41.3 Å². The summed E-state index contributed by atoms with van der Waals surface area (Å²) in [4.78, 5) is 4.48. The quantitative estimate of drug-likeness (QED) is 0.592. The lowest BCUT2D eigenvalue weighted by Gasteiger charge is -2.35. The zero-order valence-electron chi connectivity index (χ0n) is 16.5. The molecule has 2 aromatic carbocycles. The average molecular weight is 383 g/mol. The first-order valence-corrected chi connectivity index (χ1v) is 9.98. The van der Waals surface area contributed by atoms with Crippen molar-refractivity contribution in [2.45, 2.75) is 24.9 Å². The van der Waals surface area contributed by atoms with Gasteiger partial charge in [0.25, 0.3) is 0 Å². The van der Waals surface area contributed by atoms with Gasteiger partial charge in [0.1, 0.15) is 5.82 Å². The first-order valence-electron chi connectivity index (χ1n) is 9.98. The fourth-order valence-electron chi connectivity index (χ4n) is 3.77. The number of hydrogen-bond acceptors (Lipinski definition) is 5. The van der Waals surface area contributed by atoms with Crippen LogP contribution in [0.15, 0.2) is 72.9 Å². The van der Waals surface area contributed by atoms with Gasteiger partial charge < -0.3 is 16.0 Å². The number of rotatable bonds is 6. The Balaban J connectivity index is 1.50. The lowest BCUT2D eigenvalue weighted by molar-refractivity contribution is 0.453. The average Bonchev–Trinajstić information content (AvgIpc) is 2.79. The van der Waals surface area contributed by atoms with E-state index in [2.05, 4.69) is 58.2 Å². The number of fused-ring (bicyclic) bond motifs is 1. The van der Waals surface area contributed by atoms with Crippen LogP contribution in [-0.4, -0.2) is 24.1 Å². The van der Waals surface area contributed by atoms with E-state index in [1.807, 2.05) is 48.7 Å². The van der Waals surface area contributed by atoms with Gasteiger partial charge in [-0.3, -0.25) is 0 Å². The van der Waals surface area contributed by atoms with Gasteiger partial charge in [-0.15, -0.1) is 0 Å². The van der Waals surface area contributed by atoms with E-state index < -0.39 is 0 Å². The third-order valence-electron chi connectivity index (χ3n) is 5.46. The molecular formula is C24H25N5. The van der Waals surface area contributed by atoms with Crippen LogP contribution in [0.25, 0.3) is 0 Å². The van der Waals surface area contributed by atoms with Crippen molar-refractivity contribution in [3.63, 3.8) is 0 Å². The molecule has 3 atom stereocenters. The molecule has 146 valence electrons. The third-order valence-corrected chi connectivity index (χ3v) is 5.46. The van der Waals surface area contributed by atoms with E-state index in [0.29, 0.717) is 11.5 Å². The monoisotopic (exact) mass is 383 g/mol. The van der Waals surface area contributed by atoms with Crippen molar-refractivity contribution in [3.8, 4) is 6.07 Å². The topological polar surface area (TPSA) is 72.8 Å². The number of pyridine rings is 1. The van der Waals surface area contributed by atoms with Gasteiger partial charge >= 0.3 is 0 Å². The Bertz CT molecular complexity index is 978. The summed E-state index contributed by atoms with van der Waals surface area (Å²) >= 11 is 0. The molecule has 29 heavy (non-hydrogen) atoms. The van der Waals surface area contributed by atoms with Crippen LogP contribution in [0.4, 0.5) is 11.5 Å². The molecule has 0 fully saturated rings. The minimum absolute atomic E-state index is 0.139. The Hall–Kier alpha value is -3.36. The molecule has 5 nitrogen and oxygen atoms in total. The molecule has 0 bridgehead atoms. The summed E-state index contributed by atoms with van der Waals surface area (Å²) in [7, 11) is 0. The molecule has 4 rings (SSSR count). The Morgan fingerprint density at radius 1 is 1.07 bits per heavy atom. The molecule has 0 radical (unpaired) electrons. The Morgan fingerprint density at radius 2 is 1.86 bits per heavy atom. The van der Waals surface area contributed by atoms with Crippen molar-refractivity contribution in [1.82, 2.24) is 10.3 Å². The van der Waals surface area contributed by atoms with E-state index in [9.17, 15) is 0 Å². The molecule has 0 saturated heterocycles. The number of nitrogens with one attached hydrogen (secondary N) is 3. The standard InChI is InChI=1S/C24H25N5/c1-17(19-11-9-18(14-25)10-12-19)15-28-23(20-6-3-2-4-7-20)22-16-27-21-8-5-13-26-24(21)29-22/h2-13,17,22-23,27-28H,15-16H2,1H3,(H,26,29)/t17-,22+,23+/m0/s1. The van der Waals surface area contributed by atoms with E-state index in [-0.39, 0.29) is 12.1 Å². The predicted molar refractivity (Wildman–Crippen MR) is 117 cm³/mol. The Morgan fingerprint density at radius 3 is 2.62 bits per heavy atom. The molecule has 3 aromatic rings. The normalized spacial score (nSPS) is 17.2. The van der Waals surface area contributed by atoms with Gasteiger partial charge in [-0.25, -0.2) is 4.98 Å². The maximum Gasteiger partial charge on any atom is 0.149 e. The van der Waals surface area contributed by atoms with Crippen LogP contribution >= 0.6 is 0 Å². The summed E-state index contributed by atoms with van der Waals surface area (Å²) in [6.45, 7) is 3.86. The van der Waals surface area contributed by atoms with Crippen molar-refractivity contribution in [2.24, 2.45) is 0 Å². The zero-order chi connectivity index (χ0) is 20.1. The molecule has 3 N–H and O–H groups in total. The van der Waals surface area contributed by atoms with Gasteiger partial charge in [0.15, 0.2) is 0 Å².